The van der Waals surface area contributed by atoms with E-state index >= 15 is 0 Å². The molecule has 0 radical (unpaired) electrons. The van der Waals surface area contributed by atoms with Gasteiger partial charge in [-0.3, -0.25) is 14.4 Å². The largest absolute Gasteiger partial charge is 0.357 e. The molecule has 6 nitrogen and oxygen atoms in total. The summed E-state index contributed by atoms with van der Waals surface area (Å²) in [6.07, 6.45) is 1.14. The molecule has 8 heteroatoms. The fraction of sp³-hybridized carbons (Fsp3) is 0.296. The summed E-state index contributed by atoms with van der Waals surface area (Å²) < 4.78 is 0. The molecule has 0 spiro atoms. The molecular weight excluding hydrogens is 485 g/mol. The lowest BCUT2D eigenvalue weighted by Gasteiger charge is -2.30. The van der Waals surface area contributed by atoms with E-state index in [4.69, 9.17) is 23.2 Å². The number of carbonyl (C=O) groups is 3. The van der Waals surface area contributed by atoms with E-state index in [1.807, 2.05) is 43.3 Å². The monoisotopic (exact) mass is 511 g/mol. The van der Waals surface area contributed by atoms with E-state index in [1.165, 1.54) is 0 Å². The van der Waals surface area contributed by atoms with Crippen molar-refractivity contribution in [1.82, 2.24) is 10.2 Å². The molecule has 0 bridgehead atoms. The molecule has 182 valence electrons. The Morgan fingerprint density at radius 2 is 1.80 bits per heavy atom. The summed E-state index contributed by atoms with van der Waals surface area (Å²) in [5, 5.41) is 5.46. The lowest BCUT2D eigenvalue weighted by molar-refractivity contribution is -0.141. The predicted octanol–water partition coefficient (Wildman–Crippen LogP) is 5.44. The number of rotatable bonds is 9. The minimum Gasteiger partial charge on any atom is -0.357 e. The number of halogens is 2. The summed E-state index contributed by atoms with van der Waals surface area (Å²) in [7, 11) is 1.56. The number of hydrogen-bond acceptors (Lipinski definition) is 3. The van der Waals surface area contributed by atoms with Gasteiger partial charge in [0.05, 0.1) is 15.7 Å². The Morgan fingerprint density at radius 1 is 1.06 bits per heavy atom. The van der Waals surface area contributed by atoms with Crippen molar-refractivity contribution in [3.8, 4) is 0 Å². The standard InChI is InChI=1S/C27H27Cl2N3O3/c1-3-22(26(34)30-2)32(16-17-12-13-20(28)21(29)15-17)24(33)11-6-14-31-23-10-5-8-18-7-4-9-19(25(18)23)27(31)35/h4-5,7-10,12-13,15,22H,3,6,11,14,16H2,1-2H3,(H,30,34). The van der Waals surface area contributed by atoms with Gasteiger partial charge in [-0.05, 0) is 48.1 Å². The van der Waals surface area contributed by atoms with Crippen LogP contribution in [0, 0.1) is 0 Å². The maximum absolute atomic E-state index is 13.4. The Hall–Kier alpha value is -3.09. The van der Waals surface area contributed by atoms with Gasteiger partial charge in [0.25, 0.3) is 5.91 Å². The van der Waals surface area contributed by atoms with Crippen molar-refractivity contribution in [3.63, 3.8) is 0 Å². The molecule has 1 heterocycles. The first-order valence-corrected chi connectivity index (χ1v) is 12.4. The first kappa shape index (κ1) is 25.0. The molecule has 35 heavy (non-hydrogen) atoms. The number of carbonyl (C=O) groups excluding carboxylic acids is 3. The third-order valence-corrected chi connectivity index (χ3v) is 7.13. The zero-order valence-electron chi connectivity index (χ0n) is 19.7. The Morgan fingerprint density at radius 3 is 2.49 bits per heavy atom. The van der Waals surface area contributed by atoms with Crippen molar-refractivity contribution in [2.24, 2.45) is 0 Å². The van der Waals surface area contributed by atoms with Crippen LogP contribution in [0.2, 0.25) is 10.0 Å². The molecule has 3 aromatic carbocycles. The van der Waals surface area contributed by atoms with Gasteiger partial charge in [-0.25, -0.2) is 0 Å². The van der Waals surface area contributed by atoms with Gasteiger partial charge in [0, 0.05) is 37.5 Å². The zero-order valence-corrected chi connectivity index (χ0v) is 21.2. The van der Waals surface area contributed by atoms with Crippen molar-refractivity contribution in [2.75, 3.05) is 18.5 Å². The van der Waals surface area contributed by atoms with Gasteiger partial charge in [-0.1, -0.05) is 60.5 Å². The van der Waals surface area contributed by atoms with Crippen molar-refractivity contribution >= 4 is 57.4 Å². The fourth-order valence-electron chi connectivity index (χ4n) is 4.65. The highest BCUT2D eigenvalue weighted by Gasteiger charge is 2.31. The van der Waals surface area contributed by atoms with Crippen LogP contribution in [0.4, 0.5) is 5.69 Å². The molecule has 1 N–H and O–H groups in total. The minimum atomic E-state index is -0.617. The Balaban J connectivity index is 1.49. The zero-order chi connectivity index (χ0) is 25.1. The van der Waals surface area contributed by atoms with Crippen LogP contribution in [0.3, 0.4) is 0 Å². The smallest absolute Gasteiger partial charge is 0.258 e. The number of benzene rings is 3. The normalized spacial score (nSPS) is 13.3. The van der Waals surface area contributed by atoms with Crippen molar-refractivity contribution < 1.29 is 14.4 Å². The molecule has 0 saturated heterocycles. The molecule has 3 amide bonds. The number of hydrogen-bond donors (Lipinski definition) is 1. The highest BCUT2D eigenvalue weighted by atomic mass is 35.5. The highest BCUT2D eigenvalue weighted by Crippen LogP contribution is 2.37. The van der Waals surface area contributed by atoms with E-state index in [0.29, 0.717) is 35.0 Å². The van der Waals surface area contributed by atoms with Crippen LogP contribution in [-0.2, 0) is 16.1 Å². The predicted molar refractivity (Wildman–Crippen MR) is 140 cm³/mol. The second kappa shape index (κ2) is 10.7. The van der Waals surface area contributed by atoms with Crippen LogP contribution in [0.5, 0.6) is 0 Å². The van der Waals surface area contributed by atoms with Gasteiger partial charge in [0.15, 0.2) is 0 Å². The lowest BCUT2D eigenvalue weighted by Crippen LogP contribution is -2.48. The van der Waals surface area contributed by atoms with Crippen molar-refractivity contribution in [1.29, 1.82) is 0 Å². The summed E-state index contributed by atoms with van der Waals surface area (Å²) in [4.78, 5) is 42.3. The van der Waals surface area contributed by atoms with Gasteiger partial charge in [-0.15, -0.1) is 0 Å². The molecule has 1 unspecified atom stereocenters. The molecule has 3 aromatic rings. The molecule has 0 saturated carbocycles. The maximum Gasteiger partial charge on any atom is 0.258 e. The fourth-order valence-corrected chi connectivity index (χ4v) is 4.97. The first-order chi connectivity index (χ1) is 16.8. The van der Waals surface area contributed by atoms with Crippen molar-refractivity contribution in [2.45, 2.75) is 38.8 Å². The summed E-state index contributed by atoms with van der Waals surface area (Å²) in [6, 6.07) is 16.2. The van der Waals surface area contributed by atoms with Gasteiger partial charge in [0.1, 0.15) is 6.04 Å². The average molecular weight is 512 g/mol. The van der Waals surface area contributed by atoms with E-state index in [-0.39, 0.29) is 30.7 Å². The van der Waals surface area contributed by atoms with Crippen LogP contribution in [0.25, 0.3) is 10.8 Å². The number of amides is 3. The third-order valence-electron chi connectivity index (χ3n) is 6.39. The van der Waals surface area contributed by atoms with Crippen LogP contribution >= 0.6 is 23.2 Å². The molecular formula is C27H27Cl2N3O3. The molecule has 0 fully saturated rings. The van der Waals surface area contributed by atoms with E-state index in [9.17, 15) is 14.4 Å². The average Bonchev–Trinajstić information content (AvgIpc) is 3.13. The van der Waals surface area contributed by atoms with E-state index in [1.54, 1.807) is 35.0 Å². The van der Waals surface area contributed by atoms with Crippen LogP contribution in [-0.4, -0.2) is 42.3 Å². The molecule has 0 aliphatic carbocycles. The Labute approximate surface area is 214 Å². The molecule has 1 aliphatic rings. The number of anilines is 1. The lowest BCUT2D eigenvalue weighted by atomic mass is 10.1. The number of nitrogens with one attached hydrogen (secondary N) is 1. The quantitative estimate of drug-likeness (QED) is 0.415. The van der Waals surface area contributed by atoms with Gasteiger partial charge >= 0.3 is 0 Å². The molecule has 4 rings (SSSR count). The van der Waals surface area contributed by atoms with Gasteiger partial charge in [-0.2, -0.15) is 0 Å². The van der Waals surface area contributed by atoms with Crippen molar-refractivity contribution in [3.05, 3.63) is 75.8 Å². The number of likely N-dealkylation sites (N-methyl/N-ethyl adjacent to an activating group) is 1. The topological polar surface area (TPSA) is 69.7 Å². The Kier molecular flexibility index (Phi) is 7.63. The minimum absolute atomic E-state index is 0.0475. The van der Waals surface area contributed by atoms with Gasteiger partial charge in [0.2, 0.25) is 11.8 Å². The van der Waals surface area contributed by atoms with E-state index < -0.39 is 6.04 Å². The van der Waals surface area contributed by atoms with Gasteiger partial charge < -0.3 is 15.1 Å². The maximum atomic E-state index is 13.4. The molecule has 0 aromatic heterocycles. The van der Waals surface area contributed by atoms with E-state index in [0.717, 1.165) is 22.0 Å². The third kappa shape index (κ3) is 5.00. The molecule has 1 atom stereocenters. The summed E-state index contributed by atoms with van der Waals surface area (Å²) in [5.41, 5.74) is 2.35. The summed E-state index contributed by atoms with van der Waals surface area (Å²) in [5.74, 6) is -0.430. The number of nitrogens with zero attached hydrogens (tertiary/aromatic N) is 2. The van der Waals surface area contributed by atoms with Crippen LogP contribution in [0.1, 0.15) is 42.1 Å². The summed E-state index contributed by atoms with van der Waals surface area (Å²) >= 11 is 12.2. The molecule has 1 aliphatic heterocycles. The summed E-state index contributed by atoms with van der Waals surface area (Å²) in [6.45, 7) is 2.51. The SMILES string of the molecule is CCC(C(=O)NC)N(Cc1ccc(Cl)c(Cl)c1)C(=O)CCCN1C(=O)c2cccc3cccc1c23. The highest BCUT2D eigenvalue weighted by molar-refractivity contribution is 6.42. The Bertz CT molecular complexity index is 1290. The first-order valence-electron chi connectivity index (χ1n) is 11.6. The van der Waals surface area contributed by atoms with Crippen LogP contribution in [0.15, 0.2) is 54.6 Å². The van der Waals surface area contributed by atoms with E-state index in [2.05, 4.69) is 5.32 Å². The second-order valence-corrected chi connectivity index (χ2v) is 9.36. The second-order valence-electron chi connectivity index (χ2n) is 8.55. The van der Waals surface area contributed by atoms with Crippen LogP contribution < -0.4 is 10.2 Å².